The van der Waals surface area contributed by atoms with Crippen molar-refractivity contribution in [2.75, 3.05) is 6.54 Å². The van der Waals surface area contributed by atoms with E-state index in [9.17, 15) is 0 Å². The summed E-state index contributed by atoms with van der Waals surface area (Å²) < 4.78 is 0. The van der Waals surface area contributed by atoms with E-state index in [1.165, 1.54) is 70.7 Å². The van der Waals surface area contributed by atoms with Gasteiger partial charge in [0.05, 0.1) is 9.88 Å². The molecule has 0 amide bonds. The summed E-state index contributed by atoms with van der Waals surface area (Å²) in [5, 5.41) is 4.63. The zero-order valence-electron chi connectivity index (χ0n) is 17.9. The zero-order chi connectivity index (χ0) is 20.4. The van der Waals surface area contributed by atoms with Gasteiger partial charge in [-0.2, -0.15) is 0 Å². The van der Waals surface area contributed by atoms with Gasteiger partial charge in [0, 0.05) is 18.4 Å². The minimum Gasteiger partial charge on any atom is -0.384 e. The molecule has 0 spiro atoms. The van der Waals surface area contributed by atoms with E-state index >= 15 is 0 Å². The lowest BCUT2D eigenvalue weighted by Crippen LogP contribution is -2.12. The van der Waals surface area contributed by atoms with Crippen LogP contribution in [0.5, 0.6) is 0 Å². The van der Waals surface area contributed by atoms with Crippen LogP contribution in [0.15, 0.2) is 37.6 Å². The van der Waals surface area contributed by atoms with Crippen LogP contribution in [0.25, 0.3) is 11.3 Å². The second-order valence-corrected chi connectivity index (χ2v) is 8.64. The fraction of sp³-hybridized carbons (Fsp3) is 0.480. The molecular formula is C25H36N2S. The van der Waals surface area contributed by atoms with Crippen molar-refractivity contribution in [3.63, 3.8) is 0 Å². The summed E-state index contributed by atoms with van der Waals surface area (Å²) >= 11 is 1.74. The number of nitrogens with zero attached hydrogens (tertiary/aromatic N) is 1. The van der Waals surface area contributed by atoms with Crippen LogP contribution in [0, 0.1) is 0 Å². The molecule has 0 aliphatic carbocycles. The summed E-state index contributed by atoms with van der Waals surface area (Å²) in [4.78, 5) is 5.56. The number of thiazole rings is 1. The highest BCUT2D eigenvalue weighted by Gasteiger charge is 2.05. The predicted octanol–water partition coefficient (Wildman–Crippen LogP) is 7.05. The van der Waals surface area contributed by atoms with Crippen molar-refractivity contribution < 1.29 is 0 Å². The molecule has 0 saturated carbocycles. The number of benzene rings is 1. The average molecular weight is 397 g/mol. The van der Waals surface area contributed by atoms with E-state index in [1.54, 1.807) is 11.3 Å². The van der Waals surface area contributed by atoms with Crippen LogP contribution in [0.2, 0.25) is 0 Å². The summed E-state index contributed by atoms with van der Waals surface area (Å²) in [7, 11) is 0. The van der Waals surface area contributed by atoms with Gasteiger partial charge in [-0.1, -0.05) is 70.0 Å². The molecule has 0 radical (unpaired) electrons. The van der Waals surface area contributed by atoms with Gasteiger partial charge < -0.3 is 5.32 Å². The maximum Gasteiger partial charge on any atom is 0.0929 e. The minimum atomic E-state index is 0.996. The SMILES string of the molecule is C=C(NCCCCCCCc1ccc(C(=C)C)c(CC)c1)c1cnc(CC)s1. The molecule has 0 aliphatic heterocycles. The van der Waals surface area contributed by atoms with Crippen LogP contribution in [0.4, 0.5) is 0 Å². The molecule has 2 nitrogen and oxygen atoms in total. The molecule has 3 heteroatoms. The Morgan fingerprint density at radius 1 is 1.04 bits per heavy atom. The molecule has 1 aromatic carbocycles. The topological polar surface area (TPSA) is 24.9 Å². The molecule has 1 heterocycles. The molecule has 152 valence electrons. The summed E-state index contributed by atoms with van der Waals surface area (Å²) in [6.45, 7) is 15.7. The van der Waals surface area contributed by atoms with Gasteiger partial charge in [0.2, 0.25) is 0 Å². The Bertz CT molecular complexity index is 773. The quantitative estimate of drug-likeness (QED) is 0.367. The van der Waals surface area contributed by atoms with Crippen molar-refractivity contribution in [3.05, 3.63) is 64.1 Å². The Morgan fingerprint density at radius 2 is 1.79 bits per heavy atom. The molecule has 0 aliphatic rings. The van der Waals surface area contributed by atoms with Gasteiger partial charge in [0.1, 0.15) is 0 Å². The first-order valence-corrected chi connectivity index (χ1v) is 11.5. The van der Waals surface area contributed by atoms with Crippen LogP contribution < -0.4 is 5.32 Å². The second-order valence-electron chi connectivity index (χ2n) is 7.52. The molecule has 0 saturated heterocycles. The van der Waals surface area contributed by atoms with Crippen LogP contribution >= 0.6 is 11.3 Å². The van der Waals surface area contributed by atoms with Crippen LogP contribution in [-0.4, -0.2) is 11.5 Å². The fourth-order valence-electron chi connectivity index (χ4n) is 3.44. The maximum absolute atomic E-state index is 4.40. The number of aromatic nitrogens is 1. The van der Waals surface area contributed by atoms with E-state index in [-0.39, 0.29) is 0 Å². The fourth-order valence-corrected chi connectivity index (χ4v) is 4.24. The molecule has 28 heavy (non-hydrogen) atoms. The molecule has 0 atom stereocenters. The predicted molar refractivity (Wildman–Crippen MR) is 126 cm³/mol. The van der Waals surface area contributed by atoms with Crippen LogP contribution in [0.3, 0.4) is 0 Å². The van der Waals surface area contributed by atoms with Crippen molar-refractivity contribution in [3.8, 4) is 0 Å². The van der Waals surface area contributed by atoms with Crippen molar-refractivity contribution in [2.24, 2.45) is 0 Å². The van der Waals surface area contributed by atoms with Crippen molar-refractivity contribution in [1.82, 2.24) is 10.3 Å². The number of unbranched alkanes of at least 4 members (excludes halogenated alkanes) is 4. The largest absolute Gasteiger partial charge is 0.384 e. The van der Waals surface area contributed by atoms with Gasteiger partial charge in [-0.3, -0.25) is 0 Å². The van der Waals surface area contributed by atoms with E-state index in [4.69, 9.17) is 0 Å². The molecule has 2 aromatic rings. The summed E-state index contributed by atoms with van der Waals surface area (Å²) in [5.41, 5.74) is 6.41. The lowest BCUT2D eigenvalue weighted by molar-refractivity contribution is 0.605. The van der Waals surface area contributed by atoms with Crippen molar-refractivity contribution in [2.45, 2.75) is 72.1 Å². The third-order valence-corrected chi connectivity index (χ3v) is 6.35. The molecule has 0 unspecified atom stereocenters. The smallest absolute Gasteiger partial charge is 0.0929 e. The van der Waals surface area contributed by atoms with Crippen LogP contribution in [0.1, 0.15) is 79.5 Å². The van der Waals surface area contributed by atoms with E-state index in [1.807, 2.05) is 6.20 Å². The lowest BCUT2D eigenvalue weighted by Gasteiger charge is -2.10. The maximum atomic E-state index is 4.40. The molecular weight excluding hydrogens is 360 g/mol. The monoisotopic (exact) mass is 396 g/mol. The Kier molecular flexibility index (Phi) is 9.49. The average Bonchev–Trinajstić information content (AvgIpc) is 3.18. The molecule has 0 bridgehead atoms. The van der Waals surface area contributed by atoms with Gasteiger partial charge in [0.25, 0.3) is 0 Å². The van der Waals surface area contributed by atoms with Gasteiger partial charge in [-0.25, -0.2) is 4.98 Å². The van der Waals surface area contributed by atoms with Gasteiger partial charge in [0.15, 0.2) is 0 Å². The van der Waals surface area contributed by atoms with Gasteiger partial charge >= 0.3 is 0 Å². The van der Waals surface area contributed by atoms with E-state index < -0.39 is 0 Å². The third-order valence-electron chi connectivity index (χ3n) is 5.14. The van der Waals surface area contributed by atoms with E-state index in [0.717, 1.165) is 25.1 Å². The van der Waals surface area contributed by atoms with Crippen molar-refractivity contribution >= 4 is 22.6 Å². The van der Waals surface area contributed by atoms with Crippen molar-refractivity contribution in [1.29, 1.82) is 0 Å². The highest BCUT2D eigenvalue weighted by molar-refractivity contribution is 7.12. The first-order valence-electron chi connectivity index (χ1n) is 10.7. The van der Waals surface area contributed by atoms with Gasteiger partial charge in [-0.05, 0) is 55.7 Å². The highest BCUT2D eigenvalue weighted by Crippen LogP contribution is 2.21. The Labute approximate surface area is 175 Å². The molecule has 1 aromatic heterocycles. The standard InChI is InChI=1S/C25H36N2S/c1-6-22-17-21(14-15-23(22)19(3)4)13-11-9-8-10-12-16-26-20(5)24-18-27-25(7-2)28-24/h14-15,17-18,26H,3,5-13,16H2,1-2,4H3. The Morgan fingerprint density at radius 3 is 2.46 bits per heavy atom. The summed E-state index contributed by atoms with van der Waals surface area (Å²) in [5.74, 6) is 0. The first kappa shape index (κ1) is 22.4. The normalized spacial score (nSPS) is 10.8. The number of nitrogens with one attached hydrogen (secondary N) is 1. The third kappa shape index (κ3) is 6.94. The number of hydrogen-bond acceptors (Lipinski definition) is 3. The number of allylic oxidation sites excluding steroid dienone is 1. The van der Waals surface area contributed by atoms with E-state index in [2.05, 4.69) is 62.4 Å². The number of hydrogen-bond donors (Lipinski definition) is 1. The summed E-state index contributed by atoms with van der Waals surface area (Å²) in [6.07, 6.45) is 11.6. The zero-order valence-corrected chi connectivity index (χ0v) is 18.8. The lowest BCUT2D eigenvalue weighted by atomic mass is 9.95. The summed E-state index contributed by atoms with van der Waals surface area (Å²) in [6, 6.07) is 6.91. The second kappa shape index (κ2) is 11.9. The minimum absolute atomic E-state index is 0.996. The number of rotatable bonds is 13. The Hall–Kier alpha value is -1.87. The Balaban J connectivity index is 1.58. The highest BCUT2D eigenvalue weighted by atomic mass is 32.1. The van der Waals surface area contributed by atoms with E-state index in [0.29, 0.717) is 0 Å². The van der Waals surface area contributed by atoms with Crippen LogP contribution in [-0.2, 0) is 19.3 Å². The number of aryl methyl sites for hydroxylation is 3. The molecule has 0 fully saturated rings. The first-order chi connectivity index (χ1) is 13.5. The molecule has 2 rings (SSSR count). The molecule has 1 N–H and O–H groups in total. The van der Waals surface area contributed by atoms with Gasteiger partial charge in [-0.15, -0.1) is 11.3 Å².